The third kappa shape index (κ3) is 5.54. The summed E-state index contributed by atoms with van der Waals surface area (Å²) in [5.41, 5.74) is -1.55. The van der Waals surface area contributed by atoms with E-state index in [1.807, 2.05) is 76.2 Å². The first-order valence-corrected chi connectivity index (χ1v) is 15.5. The van der Waals surface area contributed by atoms with Crippen molar-refractivity contribution < 1.29 is 42.9 Å². The third-order valence-electron chi connectivity index (χ3n) is 8.77. The smallest absolute Gasteiger partial charge is 0.355 e. The van der Waals surface area contributed by atoms with Gasteiger partial charge < -0.3 is 28.7 Å². The van der Waals surface area contributed by atoms with Crippen molar-refractivity contribution in [1.29, 1.82) is 0 Å². The lowest BCUT2D eigenvalue weighted by atomic mass is 9.73. The van der Waals surface area contributed by atoms with Crippen LogP contribution in [0.3, 0.4) is 0 Å². The Labute approximate surface area is 284 Å². The molecule has 1 atom stereocenters. The Balaban J connectivity index is 2.04. The fourth-order valence-electron chi connectivity index (χ4n) is 6.47. The van der Waals surface area contributed by atoms with E-state index in [2.05, 4.69) is 0 Å². The molecule has 49 heavy (non-hydrogen) atoms. The molecule has 11 nitrogen and oxygen atoms in total. The van der Waals surface area contributed by atoms with E-state index in [9.17, 15) is 19.2 Å². The number of fused-ring (bicyclic) bond motifs is 2. The molecule has 0 aromatic heterocycles. The van der Waals surface area contributed by atoms with E-state index < -0.39 is 57.7 Å². The molecular formula is C38H38N2O9. The number of hydrogen-bond acceptors (Lipinski definition) is 10. The number of rotatable bonds is 7. The zero-order chi connectivity index (χ0) is 35.8. The van der Waals surface area contributed by atoms with Gasteiger partial charge in [-0.15, -0.1) is 0 Å². The highest BCUT2D eigenvalue weighted by molar-refractivity contribution is 6.26. The van der Waals surface area contributed by atoms with Gasteiger partial charge >= 0.3 is 23.9 Å². The van der Waals surface area contributed by atoms with Crippen LogP contribution in [0.25, 0.3) is 0 Å². The normalized spacial score (nSPS) is 17.3. The van der Waals surface area contributed by atoms with Crippen molar-refractivity contribution in [2.75, 3.05) is 38.2 Å². The van der Waals surface area contributed by atoms with Crippen molar-refractivity contribution in [1.82, 2.24) is 0 Å². The predicted molar refractivity (Wildman–Crippen MR) is 180 cm³/mol. The Bertz CT molecular complexity index is 1920. The van der Waals surface area contributed by atoms with Gasteiger partial charge in [0.25, 0.3) is 5.91 Å². The lowest BCUT2D eigenvalue weighted by molar-refractivity contribution is -0.143. The number of esters is 4. The number of carbonyl (C=O) groups is 5. The predicted octanol–water partition coefficient (Wildman–Crippen LogP) is 4.80. The summed E-state index contributed by atoms with van der Waals surface area (Å²) in [6.45, 7) is 7.96. The molecule has 0 saturated heterocycles. The average molecular weight is 667 g/mol. The lowest BCUT2D eigenvalue weighted by Crippen LogP contribution is -2.60. The number of ether oxygens (including phenoxy) is 4. The minimum absolute atomic E-state index is 0.0669. The van der Waals surface area contributed by atoms with Crippen LogP contribution >= 0.6 is 0 Å². The van der Waals surface area contributed by atoms with Gasteiger partial charge in [-0.2, -0.15) is 0 Å². The summed E-state index contributed by atoms with van der Waals surface area (Å²) in [6, 6.07) is 21.5. The largest absolute Gasteiger partial charge is 0.466 e. The maximum absolute atomic E-state index is 15.6. The summed E-state index contributed by atoms with van der Waals surface area (Å²) in [4.78, 5) is 74.2. The second kappa shape index (κ2) is 13.1. The molecule has 2 heterocycles. The van der Waals surface area contributed by atoms with Crippen LogP contribution in [0, 0.1) is 6.92 Å². The SMILES string of the molecule is COC(=O)C1=C(C(=O)OC)N(c2ccc(C(C)(C)C)cc2)[C@@]2(C(=O)N(Cc3ccccc3)c3ccc(C)cc32)C(C(=O)OC)=C1C(=O)OC. The Morgan fingerprint density at radius 3 is 1.84 bits per heavy atom. The van der Waals surface area contributed by atoms with Crippen molar-refractivity contribution >= 4 is 41.2 Å². The standard InChI is InChI=1S/C38H38N2O9/c1-22-14-19-27-26(20-22)38(36(45)39(27)21-23-12-10-9-11-13-23)30(34(43)48-7)28(32(41)46-5)29(33(42)47-6)31(35(44)49-8)40(38)25-17-15-24(16-18-25)37(2,3)4/h9-20H,21H2,1-8H3/t38-/m1/s1. The van der Waals surface area contributed by atoms with Gasteiger partial charge in [0, 0.05) is 11.3 Å². The maximum Gasteiger partial charge on any atom is 0.355 e. The summed E-state index contributed by atoms with van der Waals surface area (Å²) >= 11 is 0. The first-order chi connectivity index (χ1) is 23.3. The van der Waals surface area contributed by atoms with Crippen LogP contribution in [0.5, 0.6) is 0 Å². The molecule has 254 valence electrons. The minimum atomic E-state index is -2.28. The summed E-state index contributed by atoms with van der Waals surface area (Å²) in [5, 5.41) is 0. The van der Waals surface area contributed by atoms with Crippen molar-refractivity contribution in [2.45, 2.75) is 45.2 Å². The fourth-order valence-corrected chi connectivity index (χ4v) is 6.47. The van der Waals surface area contributed by atoms with Gasteiger partial charge in [0.15, 0.2) is 5.54 Å². The van der Waals surface area contributed by atoms with E-state index in [1.165, 1.54) is 9.80 Å². The summed E-state index contributed by atoms with van der Waals surface area (Å²) in [6.07, 6.45) is 0. The molecule has 0 unspecified atom stereocenters. The van der Waals surface area contributed by atoms with E-state index in [1.54, 1.807) is 24.3 Å². The highest BCUT2D eigenvalue weighted by atomic mass is 16.5. The number of anilines is 2. The zero-order valence-electron chi connectivity index (χ0n) is 28.7. The number of aryl methyl sites for hydroxylation is 1. The molecule has 0 fully saturated rings. The Morgan fingerprint density at radius 2 is 1.29 bits per heavy atom. The zero-order valence-corrected chi connectivity index (χ0v) is 28.7. The second-order valence-corrected chi connectivity index (χ2v) is 12.7. The number of hydrogen-bond donors (Lipinski definition) is 0. The Morgan fingerprint density at radius 1 is 0.714 bits per heavy atom. The van der Waals surface area contributed by atoms with Crippen molar-refractivity contribution in [3.63, 3.8) is 0 Å². The summed E-state index contributed by atoms with van der Waals surface area (Å²) in [5.74, 6) is -5.20. The highest BCUT2D eigenvalue weighted by Crippen LogP contribution is 2.56. The van der Waals surface area contributed by atoms with E-state index in [-0.39, 0.29) is 23.2 Å². The second-order valence-electron chi connectivity index (χ2n) is 12.7. The Kier molecular flexibility index (Phi) is 9.23. The molecule has 0 radical (unpaired) electrons. The van der Waals surface area contributed by atoms with Gasteiger partial charge in [0.2, 0.25) is 0 Å². The van der Waals surface area contributed by atoms with Crippen LogP contribution in [0.2, 0.25) is 0 Å². The minimum Gasteiger partial charge on any atom is -0.466 e. The molecule has 3 aromatic rings. The molecule has 2 aliphatic heterocycles. The number of carbonyl (C=O) groups excluding carboxylic acids is 5. The van der Waals surface area contributed by atoms with E-state index in [0.717, 1.165) is 39.6 Å². The van der Waals surface area contributed by atoms with Crippen LogP contribution in [0.15, 0.2) is 95.2 Å². The molecule has 2 aliphatic rings. The molecule has 0 saturated carbocycles. The van der Waals surface area contributed by atoms with Gasteiger partial charge in [0.05, 0.1) is 51.8 Å². The van der Waals surface area contributed by atoms with Crippen LogP contribution < -0.4 is 9.80 Å². The van der Waals surface area contributed by atoms with E-state index >= 15 is 4.79 Å². The molecule has 3 aromatic carbocycles. The lowest BCUT2D eigenvalue weighted by Gasteiger charge is -2.46. The van der Waals surface area contributed by atoms with Crippen molar-refractivity contribution in [3.05, 3.63) is 117 Å². The molecule has 1 spiro atoms. The van der Waals surface area contributed by atoms with Crippen LogP contribution in [0.1, 0.15) is 43.0 Å². The number of nitrogens with zero attached hydrogens (tertiary/aromatic N) is 2. The summed E-state index contributed by atoms with van der Waals surface area (Å²) in [7, 11) is 4.31. The maximum atomic E-state index is 15.6. The van der Waals surface area contributed by atoms with Gasteiger partial charge in [-0.1, -0.05) is 80.9 Å². The molecule has 0 bridgehead atoms. The topological polar surface area (TPSA) is 129 Å². The van der Waals surface area contributed by atoms with Gasteiger partial charge in [-0.3, -0.25) is 4.79 Å². The van der Waals surface area contributed by atoms with Crippen LogP contribution in [-0.4, -0.2) is 58.2 Å². The number of methoxy groups -OCH3 is 4. The summed E-state index contributed by atoms with van der Waals surface area (Å²) < 4.78 is 20.7. The molecule has 11 heteroatoms. The molecular weight excluding hydrogens is 628 g/mol. The number of benzene rings is 3. The van der Waals surface area contributed by atoms with Crippen molar-refractivity contribution in [2.24, 2.45) is 0 Å². The highest BCUT2D eigenvalue weighted by Gasteiger charge is 2.66. The van der Waals surface area contributed by atoms with Gasteiger partial charge in [-0.05, 0) is 41.7 Å². The fraction of sp³-hybridized carbons (Fsp3) is 0.289. The molecule has 0 aliphatic carbocycles. The van der Waals surface area contributed by atoms with E-state index in [0.29, 0.717) is 11.3 Å². The third-order valence-corrected chi connectivity index (χ3v) is 8.77. The number of amides is 1. The molecule has 1 amide bonds. The van der Waals surface area contributed by atoms with Crippen LogP contribution in [-0.2, 0) is 60.4 Å². The monoisotopic (exact) mass is 666 g/mol. The van der Waals surface area contributed by atoms with Gasteiger partial charge in [-0.25, -0.2) is 19.2 Å². The molecule has 5 rings (SSSR count). The first kappa shape index (κ1) is 34.6. The van der Waals surface area contributed by atoms with Crippen molar-refractivity contribution in [3.8, 4) is 0 Å². The Hall–Kier alpha value is -5.71. The average Bonchev–Trinajstić information content (AvgIpc) is 3.32. The first-order valence-electron chi connectivity index (χ1n) is 15.5. The quantitative estimate of drug-likeness (QED) is 0.256. The van der Waals surface area contributed by atoms with Gasteiger partial charge in [0.1, 0.15) is 11.3 Å². The van der Waals surface area contributed by atoms with Crippen LogP contribution in [0.4, 0.5) is 11.4 Å². The molecule has 0 N–H and O–H groups in total. The van der Waals surface area contributed by atoms with E-state index in [4.69, 9.17) is 18.9 Å².